The number of hydrogen-bond donors (Lipinski definition) is 1. The van der Waals surface area contributed by atoms with Gasteiger partial charge in [0.2, 0.25) is 0 Å². The molecule has 7 rings (SSSR count). The van der Waals surface area contributed by atoms with Crippen molar-refractivity contribution in [3.05, 3.63) is 70.3 Å². The number of carbonyl (C=O) groups excluding carboxylic acids is 2. The molecule has 0 radical (unpaired) electrons. The van der Waals surface area contributed by atoms with Crippen LogP contribution < -0.4 is 14.4 Å². The van der Waals surface area contributed by atoms with Crippen molar-refractivity contribution in [3.8, 4) is 5.75 Å². The Hall–Kier alpha value is -2.96. The SMILES string of the molecule is CO[C@H]1/C=C/C[C@H](C)[C@@H](C)S(=O)(NC(=O)COC2COC2)=NC(=O)c2ccc3c(c2)N(CC[C@@H]2CC[C@H]21)C[C@@]1(CCCc2cc(Cl)ccc21)CO3. The van der Waals surface area contributed by atoms with Crippen LogP contribution in [0.25, 0.3) is 0 Å². The number of carbonyl (C=O) groups is 2. The lowest BCUT2D eigenvalue weighted by molar-refractivity contribution is -0.147. The molecule has 1 saturated heterocycles. The first kappa shape index (κ1) is 36.4. The van der Waals surface area contributed by atoms with Crippen molar-refractivity contribution >= 4 is 39.0 Å². The van der Waals surface area contributed by atoms with Crippen molar-refractivity contribution in [2.24, 2.45) is 22.1 Å². The molecule has 2 bridgehead atoms. The van der Waals surface area contributed by atoms with Gasteiger partial charge in [0, 0.05) is 36.2 Å². The van der Waals surface area contributed by atoms with Crippen LogP contribution in [0.4, 0.5) is 5.69 Å². The molecule has 2 aromatic carbocycles. The van der Waals surface area contributed by atoms with Gasteiger partial charge in [0.15, 0.2) is 0 Å². The molecule has 1 N–H and O–H groups in total. The first-order valence-corrected chi connectivity index (χ1v) is 20.3. The van der Waals surface area contributed by atoms with Crippen LogP contribution in [0.5, 0.6) is 5.75 Å². The fraction of sp³-hybridized carbons (Fsp3) is 0.590. The van der Waals surface area contributed by atoms with E-state index in [4.69, 9.17) is 30.5 Å². The molecule has 51 heavy (non-hydrogen) atoms. The lowest BCUT2D eigenvalue weighted by Gasteiger charge is -2.43. The van der Waals surface area contributed by atoms with E-state index >= 15 is 0 Å². The minimum absolute atomic E-state index is 0.0300. The Morgan fingerprint density at radius 2 is 2.00 bits per heavy atom. The van der Waals surface area contributed by atoms with E-state index in [0.29, 0.717) is 49.4 Å². The molecule has 2 amide bonds. The predicted octanol–water partition coefficient (Wildman–Crippen LogP) is 6.28. The predicted molar refractivity (Wildman–Crippen MR) is 198 cm³/mol. The Bertz CT molecular complexity index is 1790. The standard InChI is InChI=1S/C39H50ClN3O7S/c1-25-6-4-8-35(47-3)32-12-9-27(32)15-17-43-23-39(16-5-7-28-18-30(40)11-13-33(28)39)24-50-36-14-10-29(19-34(36)43)38(45)42-51(46,26(25)2)41-37(44)22-49-31-20-48-21-31/h4,8,10-11,13-14,18-19,25-27,31-32,35H,5-7,9,12,15-17,20-24H2,1-3H3,(H,41,42,44,45,46)/b8-4+/t25-,26+,27-,32+,35-,39-,51?/m0/s1. The van der Waals surface area contributed by atoms with Gasteiger partial charge in [0.25, 0.3) is 11.8 Å². The highest BCUT2D eigenvalue weighted by atomic mass is 35.5. The van der Waals surface area contributed by atoms with E-state index in [1.54, 1.807) is 20.1 Å². The molecule has 1 saturated carbocycles. The Morgan fingerprint density at radius 1 is 1.16 bits per heavy atom. The second-order valence-electron chi connectivity index (χ2n) is 15.1. The van der Waals surface area contributed by atoms with Crippen molar-refractivity contribution in [1.82, 2.24) is 4.72 Å². The third kappa shape index (κ3) is 7.60. The van der Waals surface area contributed by atoms with Crippen molar-refractivity contribution in [3.63, 3.8) is 0 Å². The third-order valence-corrected chi connectivity index (χ3v) is 14.6. The third-order valence-electron chi connectivity index (χ3n) is 11.9. The van der Waals surface area contributed by atoms with E-state index in [2.05, 4.69) is 38.3 Å². The quantitative estimate of drug-likeness (QED) is 0.357. The molecule has 2 aliphatic carbocycles. The molecule has 1 unspecified atom stereocenters. The number of allylic oxidation sites excluding steroid dienone is 1. The van der Waals surface area contributed by atoms with E-state index in [1.165, 1.54) is 11.1 Å². The summed E-state index contributed by atoms with van der Waals surface area (Å²) in [6.45, 7) is 6.30. The van der Waals surface area contributed by atoms with Crippen LogP contribution in [0.1, 0.15) is 73.9 Å². The molecule has 0 aromatic heterocycles. The van der Waals surface area contributed by atoms with Gasteiger partial charge < -0.3 is 23.8 Å². The van der Waals surface area contributed by atoms with E-state index in [9.17, 15) is 13.8 Å². The largest absolute Gasteiger partial charge is 0.490 e. The Labute approximate surface area is 306 Å². The lowest BCUT2D eigenvalue weighted by Crippen LogP contribution is -2.47. The number of methoxy groups -OCH3 is 1. The zero-order chi connectivity index (χ0) is 35.8. The van der Waals surface area contributed by atoms with Crippen molar-refractivity contribution < 1.29 is 32.7 Å². The van der Waals surface area contributed by atoms with Gasteiger partial charge in [-0.25, -0.2) is 4.21 Å². The van der Waals surface area contributed by atoms with Gasteiger partial charge in [-0.2, -0.15) is 0 Å². The molecule has 3 heterocycles. The maximum absolute atomic E-state index is 14.7. The highest BCUT2D eigenvalue weighted by Gasteiger charge is 2.43. The van der Waals surface area contributed by atoms with Gasteiger partial charge in [0.1, 0.15) is 28.4 Å². The summed E-state index contributed by atoms with van der Waals surface area (Å²) in [7, 11) is -1.80. The molecular formula is C39H50ClN3O7S. The number of nitrogens with zero attached hydrogens (tertiary/aromatic N) is 2. The molecule has 10 nitrogen and oxygen atoms in total. The van der Waals surface area contributed by atoms with Gasteiger partial charge in [-0.3, -0.25) is 14.3 Å². The average Bonchev–Trinajstić information content (AvgIpc) is 3.22. The molecule has 1 spiro atoms. The fourth-order valence-corrected chi connectivity index (χ4v) is 10.5. The minimum Gasteiger partial charge on any atom is -0.490 e. The zero-order valence-corrected chi connectivity index (χ0v) is 31.4. The maximum atomic E-state index is 14.7. The van der Waals surface area contributed by atoms with Gasteiger partial charge >= 0.3 is 0 Å². The minimum atomic E-state index is -3.57. The summed E-state index contributed by atoms with van der Waals surface area (Å²) >= 11 is 6.45. The fourth-order valence-electron chi connectivity index (χ4n) is 8.39. The number of hydrogen-bond acceptors (Lipinski definition) is 8. The monoisotopic (exact) mass is 739 g/mol. The summed E-state index contributed by atoms with van der Waals surface area (Å²) in [5.41, 5.74) is 3.41. The van der Waals surface area contributed by atoms with Crippen molar-refractivity contribution in [2.45, 2.75) is 81.7 Å². The number of halogens is 1. The molecule has 5 aliphatic rings. The summed E-state index contributed by atoms with van der Waals surface area (Å²) in [4.78, 5) is 29.5. The molecule has 276 valence electrons. The smallest absolute Gasteiger partial charge is 0.286 e. The number of aryl methyl sites for hydroxylation is 1. The zero-order valence-electron chi connectivity index (χ0n) is 29.8. The number of ether oxygens (including phenoxy) is 4. The number of benzene rings is 2. The van der Waals surface area contributed by atoms with Gasteiger partial charge in [0.05, 0.1) is 36.9 Å². The number of amides is 2. The number of fused-ring (bicyclic) bond motifs is 4. The van der Waals surface area contributed by atoms with Crippen LogP contribution in [-0.4, -0.2) is 80.1 Å². The van der Waals surface area contributed by atoms with E-state index < -0.39 is 27.0 Å². The Kier molecular flexibility index (Phi) is 10.8. The molecule has 12 heteroatoms. The van der Waals surface area contributed by atoms with Gasteiger partial charge in [-0.15, -0.1) is 4.36 Å². The van der Waals surface area contributed by atoms with Crippen LogP contribution in [0.3, 0.4) is 0 Å². The van der Waals surface area contributed by atoms with Crippen molar-refractivity contribution in [1.29, 1.82) is 0 Å². The Balaban J connectivity index is 1.27. The first-order valence-electron chi connectivity index (χ1n) is 18.4. The highest BCUT2D eigenvalue weighted by molar-refractivity contribution is 7.93. The summed E-state index contributed by atoms with van der Waals surface area (Å²) in [6, 6.07) is 11.6. The second-order valence-corrected chi connectivity index (χ2v) is 17.8. The van der Waals surface area contributed by atoms with E-state index in [0.717, 1.165) is 62.3 Å². The second kappa shape index (κ2) is 15.2. The van der Waals surface area contributed by atoms with Crippen LogP contribution in [0, 0.1) is 17.8 Å². The summed E-state index contributed by atoms with van der Waals surface area (Å²) in [5.74, 6) is 0.202. The first-order chi connectivity index (χ1) is 24.6. The molecule has 3 aliphatic heterocycles. The molecule has 7 atom stereocenters. The molecule has 2 aromatic rings. The van der Waals surface area contributed by atoms with Gasteiger partial charge in [-0.05, 0) is 111 Å². The summed E-state index contributed by atoms with van der Waals surface area (Å²) in [5, 5.41) is 0.0988. The summed E-state index contributed by atoms with van der Waals surface area (Å²) in [6.07, 6.45) is 10.8. The van der Waals surface area contributed by atoms with Crippen LogP contribution in [-0.2, 0) is 40.8 Å². The maximum Gasteiger partial charge on any atom is 0.286 e. The molecular weight excluding hydrogens is 690 g/mol. The van der Waals surface area contributed by atoms with Crippen LogP contribution in [0.2, 0.25) is 5.02 Å². The number of rotatable bonds is 5. The normalized spacial score (nSPS) is 33.2. The lowest BCUT2D eigenvalue weighted by atomic mass is 9.68. The molecule has 2 fully saturated rings. The van der Waals surface area contributed by atoms with Crippen LogP contribution >= 0.6 is 11.6 Å². The van der Waals surface area contributed by atoms with E-state index in [1.807, 2.05) is 25.1 Å². The topological polar surface area (TPSA) is 116 Å². The van der Waals surface area contributed by atoms with Gasteiger partial charge in [-0.1, -0.05) is 36.7 Å². The summed E-state index contributed by atoms with van der Waals surface area (Å²) < 4.78 is 45.0. The van der Waals surface area contributed by atoms with Crippen LogP contribution in [0.15, 0.2) is 52.9 Å². The average molecular weight is 740 g/mol. The van der Waals surface area contributed by atoms with Crippen molar-refractivity contribution in [2.75, 3.05) is 51.5 Å². The van der Waals surface area contributed by atoms with E-state index in [-0.39, 0.29) is 30.1 Å². The number of nitrogens with one attached hydrogen (secondary N) is 1. The highest BCUT2D eigenvalue weighted by Crippen LogP contribution is 2.46. The Morgan fingerprint density at radius 3 is 2.75 bits per heavy atom. The number of anilines is 1.